The molecule has 1 fully saturated rings. The summed E-state index contributed by atoms with van der Waals surface area (Å²) in [4.78, 5) is 14.5. The summed E-state index contributed by atoms with van der Waals surface area (Å²) in [6.07, 6.45) is 9.40. The first-order valence-electron chi connectivity index (χ1n) is 6.67. The highest BCUT2D eigenvalue weighted by atomic mass is 16.3. The summed E-state index contributed by atoms with van der Waals surface area (Å²) in [5.74, 6) is 0.848. The molecule has 0 spiro atoms. The van der Waals surface area contributed by atoms with Gasteiger partial charge in [-0.05, 0) is 25.0 Å². The molecule has 2 heterocycles. The van der Waals surface area contributed by atoms with Gasteiger partial charge in [0.15, 0.2) is 0 Å². The summed E-state index contributed by atoms with van der Waals surface area (Å²) in [6.45, 7) is 0.529. The molecular weight excluding hydrogens is 242 g/mol. The Morgan fingerprint density at radius 1 is 1.47 bits per heavy atom. The van der Waals surface area contributed by atoms with E-state index in [0.717, 1.165) is 18.6 Å². The van der Waals surface area contributed by atoms with E-state index in [1.165, 1.54) is 12.8 Å². The zero-order valence-corrected chi connectivity index (χ0v) is 10.7. The van der Waals surface area contributed by atoms with Crippen molar-refractivity contribution in [2.75, 3.05) is 0 Å². The van der Waals surface area contributed by atoms with Crippen LogP contribution in [0, 0.1) is 0 Å². The number of carbonyl (C=O) groups excluding carboxylic acids is 1. The summed E-state index contributed by atoms with van der Waals surface area (Å²) >= 11 is 0. The van der Waals surface area contributed by atoms with Gasteiger partial charge in [0.05, 0.1) is 24.6 Å². The second-order valence-electron chi connectivity index (χ2n) is 4.94. The van der Waals surface area contributed by atoms with E-state index in [2.05, 4.69) is 10.2 Å². The molecule has 0 saturated heterocycles. The van der Waals surface area contributed by atoms with Crippen LogP contribution in [0.25, 0.3) is 0 Å². The standard InChI is InChI=1S/C14H17N3O2/c18-14(11-8-15-16-9-11)17(12-4-1-2-5-12)10-13-6-3-7-19-13/h3,6-9,12H,1-2,4-5,10H2,(H,15,16). The van der Waals surface area contributed by atoms with Crippen molar-refractivity contribution in [3.63, 3.8) is 0 Å². The van der Waals surface area contributed by atoms with Crippen LogP contribution < -0.4 is 0 Å². The highest BCUT2D eigenvalue weighted by Crippen LogP contribution is 2.26. The van der Waals surface area contributed by atoms with E-state index in [0.29, 0.717) is 18.2 Å². The van der Waals surface area contributed by atoms with E-state index < -0.39 is 0 Å². The minimum atomic E-state index is 0.0250. The average molecular weight is 259 g/mol. The summed E-state index contributed by atoms with van der Waals surface area (Å²) in [5.41, 5.74) is 0.610. The van der Waals surface area contributed by atoms with Crippen LogP contribution in [0.15, 0.2) is 35.2 Å². The van der Waals surface area contributed by atoms with Gasteiger partial charge in [0.1, 0.15) is 5.76 Å². The smallest absolute Gasteiger partial charge is 0.257 e. The third-order valence-electron chi connectivity index (χ3n) is 3.68. The third kappa shape index (κ3) is 2.54. The highest BCUT2D eigenvalue weighted by Gasteiger charge is 2.28. The number of hydrogen-bond donors (Lipinski definition) is 1. The molecule has 1 aliphatic rings. The third-order valence-corrected chi connectivity index (χ3v) is 3.68. The molecular formula is C14H17N3O2. The molecule has 0 aliphatic heterocycles. The van der Waals surface area contributed by atoms with E-state index in [-0.39, 0.29) is 5.91 Å². The van der Waals surface area contributed by atoms with Gasteiger partial charge >= 0.3 is 0 Å². The summed E-state index contributed by atoms with van der Waals surface area (Å²) in [5, 5.41) is 6.55. The number of nitrogens with zero attached hydrogens (tertiary/aromatic N) is 2. The van der Waals surface area contributed by atoms with E-state index in [9.17, 15) is 4.79 Å². The number of aromatic amines is 1. The number of aromatic nitrogens is 2. The average Bonchev–Trinajstić information content (AvgIpc) is 3.15. The van der Waals surface area contributed by atoms with Crippen molar-refractivity contribution in [2.24, 2.45) is 0 Å². The Morgan fingerprint density at radius 3 is 2.95 bits per heavy atom. The minimum absolute atomic E-state index is 0.0250. The van der Waals surface area contributed by atoms with Crippen LogP contribution in [0.4, 0.5) is 0 Å². The fourth-order valence-electron chi connectivity index (χ4n) is 2.69. The number of nitrogens with one attached hydrogen (secondary N) is 1. The highest BCUT2D eigenvalue weighted by molar-refractivity contribution is 5.93. The fourth-order valence-corrected chi connectivity index (χ4v) is 2.69. The zero-order chi connectivity index (χ0) is 13.1. The SMILES string of the molecule is O=C(c1cn[nH]c1)N(Cc1ccco1)C1CCCC1. The summed E-state index contributed by atoms with van der Waals surface area (Å²) in [6, 6.07) is 4.07. The second kappa shape index (κ2) is 5.30. The fraction of sp³-hybridized carbons (Fsp3) is 0.429. The number of carbonyl (C=O) groups is 1. The lowest BCUT2D eigenvalue weighted by Gasteiger charge is -2.27. The normalized spacial score (nSPS) is 15.8. The molecule has 5 nitrogen and oxygen atoms in total. The lowest BCUT2D eigenvalue weighted by molar-refractivity contribution is 0.0649. The van der Waals surface area contributed by atoms with Crippen LogP contribution in [0.1, 0.15) is 41.8 Å². The molecule has 0 atom stereocenters. The molecule has 2 aromatic rings. The van der Waals surface area contributed by atoms with E-state index in [4.69, 9.17) is 4.42 Å². The summed E-state index contributed by atoms with van der Waals surface area (Å²) in [7, 11) is 0. The first kappa shape index (κ1) is 12.0. The first-order valence-corrected chi connectivity index (χ1v) is 6.67. The molecule has 5 heteroatoms. The molecule has 1 amide bonds. The first-order chi connectivity index (χ1) is 9.34. The van der Waals surface area contributed by atoms with Gasteiger partial charge in [0.25, 0.3) is 5.91 Å². The number of H-pyrrole nitrogens is 1. The maximum atomic E-state index is 12.5. The Morgan fingerprint density at radius 2 is 2.32 bits per heavy atom. The van der Waals surface area contributed by atoms with Crippen LogP contribution in [-0.2, 0) is 6.54 Å². The van der Waals surface area contributed by atoms with Crippen molar-refractivity contribution in [2.45, 2.75) is 38.3 Å². The van der Waals surface area contributed by atoms with Crippen LogP contribution in [0.3, 0.4) is 0 Å². The predicted octanol–water partition coefficient (Wildman–Crippen LogP) is 2.59. The van der Waals surface area contributed by atoms with Gasteiger partial charge in [-0.3, -0.25) is 9.89 Å². The zero-order valence-electron chi connectivity index (χ0n) is 10.7. The molecule has 1 aliphatic carbocycles. The van der Waals surface area contributed by atoms with Crippen molar-refractivity contribution in [3.05, 3.63) is 42.1 Å². The Labute approximate surface area is 111 Å². The van der Waals surface area contributed by atoms with Gasteiger partial charge in [-0.2, -0.15) is 5.10 Å². The lowest BCUT2D eigenvalue weighted by Crippen LogP contribution is -2.38. The largest absolute Gasteiger partial charge is 0.467 e. The molecule has 0 radical (unpaired) electrons. The van der Waals surface area contributed by atoms with Gasteiger partial charge in [-0.25, -0.2) is 0 Å². The Hall–Kier alpha value is -2.04. The van der Waals surface area contributed by atoms with Gasteiger partial charge in [0.2, 0.25) is 0 Å². The maximum Gasteiger partial charge on any atom is 0.257 e. The number of rotatable bonds is 4. The molecule has 1 saturated carbocycles. The maximum absolute atomic E-state index is 12.5. The Bertz CT molecular complexity index is 513. The molecule has 2 aromatic heterocycles. The van der Waals surface area contributed by atoms with E-state index in [1.807, 2.05) is 17.0 Å². The quantitative estimate of drug-likeness (QED) is 0.918. The van der Waals surface area contributed by atoms with Crippen molar-refractivity contribution in [1.82, 2.24) is 15.1 Å². The van der Waals surface area contributed by atoms with E-state index >= 15 is 0 Å². The topological polar surface area (TPSA) is 62.1 Å². The van der Waals surface area contributed by atoms with Crippen LogP contribution >= 0.6 is 0 Å². The van der Waals surface area contributed by atoms with Gasteiger partial charge in [-0.15, -0.1) is 0 Å². The number of amides is 1. The molecule has 3 rings (SSSR count). The van der Waals surface area contributed by atoms with Crippen molar-refractivity contribution < 1.29 is 9.21 Å². The molecule has 1 N–H and O–H groups in total. The second-order valence-corrected chi connectivity index (χ2v) is 4.94. The number of furan rings is 1. The monoisotopic (exact) mass is 259 g/mol. The van der Waals surface area contributed by atoms with Gasteiger partial charge in [-0.1, -0.05) is 12.8 Å². The van der Waals surface area contributed by atoms with Crippen LogP contribution in [0.2, 0.25) is 0 Å². The van der Waals surface area contributed by atoms with Crippen molar-refractivity contribution >= 4 is 5.91 Å². The lowest BCUT2D eigenvalue weighted by atomic mass is 10.1. The van der Waals surface area contributed by atoms with Crippen LogP contribution in [-0.4, -0.2) is 27.0 Å². The Kier molecular flexibility index (Phi) is 3.35. The van der Waals surface area contributed by atoms with Gasteiger partial charge < -0.3 is 9.32 Å². The van der Waals surface area contributed by atoms with Crippen molar-refractivity contribution in [1.29, 1.82) is 0 Å². The molecule has 19 heavy (non-hydrogen) atoms. The molecule has 0 bridgehead atoms. The molecule has 100 valence electrons. The number of hydrogen-bond acceptors (Lipinski definition) is 3. The van der Waals surface area contributed by atoms with Crippen LogP contribution in [0.5, 0.6) is 0 Å². The van der Waals surface area contributed by atoms with Crippen molar-refractivity contribution in [3.8, 4) is 0 Å². The minimum Gasteiger partial charge on any atom is -0.467 e. The summed E-state index contributed by atoms with van der Waals surface area (Å²) < 4.78 is 5.37. The predicted molar refractivity (Wildman–Crippen MR) is 69.4 cm³/mol. The Balaban J connectivity index is 1.81. The van der Waals surface area contributed by atoms with Gasteiger partial charge in [0, 0.05) is 12.2 Å². The van der Waals surface area contributed by atoms with E-state index in [1.54, 1.807) is 18.7 Å². The molecule has 0 unspecified atom stereocenters. The molecule has 0 aromatic carbocycles.